The number of rotatable bonds is 2. The van der Waals surface area contributed by atoms with Gasteiger partial charge in [0, 0.05) is 19.4 Å². The number of pyridine rings is 1. The van der Waals surface area contributed by atoms with Crippen molar-refractivity contribution in [3.8, 4) is 0 Å². The van der Waals surface area contributed by atoms with Gasteiger partial charge in [0.15, 0.2) is 0 Å². The Hall–Kier alpha value is -1.75. The summed E-state index contributed by atoms with van der Waals surface area (Å²) >= 11 is 0. The largest absolute Gasteiger partial charge is 0.319 e. The molecule has 15 heavy (non-hydrogen) atoms. The second-order valence-corrected chi connectivity index (χ2v) is 3.56. The molecule has 2 rings (SSSR count). The molecule has 5 heteroatoms. The van der Waals surface area contributed by atoms with E-state index < -0.39 is 0 Å². The molecule has 2 heterocycles. The quantitative estimate of drug-likeness (QED) is 0.774. The molecule has 5 nitrogen and oxygen atoms in total. The molecule has 78 valence electrons. The van der Waals surface area contributed by atoms with Crippen LogP contribution in [-0.4, -0.2) is 20.0 Å². The van der Waals surface area contributed by atoms with Gasteiger partial charge in [0.25, 0.3) is 0 Å². The minimum Gasteiger partial charge on any atom is -0.319 e. The summed E-state index contributed by atoms with van der Waals surface area (Å²) in [5, 5.41) is 7.66. The van der Waals surface area contributed by atoms with Crippen LogP contribution >= 0.6 is 0 Å². The molecule has 2 aromatic rings. The predicted molar refractivity (Wildman–Crippen MR) is 56.0 cm³/mol. The van der Waals surface area contributed by atoms with E-state index in [4.69, 9.17) is 5.73 Å². The SMILES string of the molecule is Cc1cncc(C(N)c2cnnn2C)c1. The summed E-state index contributed by atoms with van der Waals surface area (Å²) in [5.74, 6) is 0. The number of hydrogen-bond donors (Lipinski definition) is 1. The zero-order valence-electron chi connectivity index (χ0n) is 8.75. The van der Waals surface area contributed by atoms with Crippen LogP contribution in [0.3, 0.4) is 0 Å². The highest BCUT2D eigenvalue weighted by Crippen LogP contribution is 2.17. The average molecular weight is 203 g/mol. The van der Waals surface area contributed by atoms with E-state index in [1.807, 2.05) is 20.0 Å². The van der Waals surface area contributed by atoms with Gasteiger partial charge >= 0.3 is 0 Å². The standard InChI is InChI=1S/C10H13N5/c1-7-3-8(5-12-4-7)10(11)9-6-13-14-15(9)2/h3-6,10H,11H2,1-2H3. The van der Waals surface area contributed by atoms with Gasteiger partial charge in [0.2, 0.25) is 0 Å². The summed E-state index contributed by atoms with van der Waals surface area (Å²) in [4.78, 5) is 4.11. The Morgan fingerprint density at radius 1 is 1.33 bits per heavy atom. The van der Waals surface area contributed by atoms with Crippen LogP contribution in [0.4, 0.5) is 0 Å². The Labute approximate surface area is 87.9 Å². The van der Waals surface area contributed by atoms with Crippen molar-refractivity contribution in [2.75, 3.05) is 0 Å². The molecule has 0 aromatic carbocycles. The molecule has 0 spiro atoms. The number of nitrogens with zero attached hydrogens (tertiary/aromatic N) is 4. The molecule has 0 saturated carbocycles. The Morgan fingerprint density at radius 3 is 2.73 bits per heavy atom. The molecule has 1 unspecified atom stereocenters. The zero-order chi connectivity index (χ0) is 10.8. The van der Waals surface area contributed by atoms with Gasteiger partial charge in [0.1, 0.15) is 0 Å². The van der Waals surface area contributed by atoms with Gasteiger partial charge in [-0.2, -0.15) is 0 Å². The molecule has 0 fully saturated rings. The molecule has 0 amide bonds. The minimum atomic E-state index is -0.225. The van der Waals surface area contributed by atoms with Crippen LogP contribution in [0.2, 0.25) is 0 Å². The molecule has 0 aliphatic rings. The first-order chi connectivity index (χ1) is 7.18. The molecule has 2 N–H and O–H groups in total. The maximum absolute atomic E-state index is 6.09. The molecule has 0 aliphatic carbocycles. The monoisotopic (exact) mass is 203 g/mol. The van der Waals surface area contributed by atoms with Crippen molar-refractivity contribution >= 4 is 0 Å². The lowest BCUT2D eigenvalue weighted by Gasteiger charge is -2.11. The smallest absolute Gasteiger partial charge is 0.0797 e. The Bertz CT molecular complexity index is 462. The number of aromatic nitrogens is 4. The molecule has 1 atom stereocenters. The maximum Gasteiger partial charge on any atom is 0.0797 e. The molecule has 0 saturated heterocycles. The minimum absolute atomic E-state index is 0.225. The van der Waals surface area contributed by atoms with Gasteiger partial charge in [-0.1, -0.05) is 11.3 Å². The Kier molecular flexibility index (Phi) is 2.47. The van der Waals surface area contributed by atoms with Gasteiger partial charge in [-0.05, 0) is 18.1 Å². The molecular weight excluding hydrogens is 190 g/mol. The third kappa shape index (κ3) is 1.87. The van der Waals surface area contributed by atoms with Gasteiger partial charge in [-0.3, -0.25) is 9.67 Å². The first-order valence-electron chi connectivity index (χ1n) is 4.70. The Balaban J connectivity index is 2.36. The topological polar surface area (TPSA) is 69.6 Å². The maximum atomic E-state index is 6.09. The highest BCUT2D eigenvalue weighted by atomic mass is 15.4. The van der Waals surface area contributed by atoms with Gasteiger partial charge < -0.3 is 5.73 Å². The van der Waals surface area contributed by atoms with E-state index in [2.05, 4.69) is 15.3 Å². The van der Waals surface area contributed by atoms with Gasteiger partial charge in [-0.25, -0.2) is 0 Å². The normalized spacial score (nSPS) is 12.7. The third-order valence-electron chi connectivity index (χ3n) is 2.32. The second-order valence-electron chi connectivity index (χ2n) is 3.56. The fraction of sp³-hybridized carbons (Fsp3) is 0.300. The molecule has 0 radical (unpaired) electrons. The van der Waals surface area contributed by atoms with E-state index in [0.717, 1.165) is 16.8 Å². The summed E-state index contributed by atoms with van der Waals surface area (Å²) in [6.07, 6.45) is 5.25. The summed E-state index contributed by atoms with van der Waals surface area (Å²) in [5.41, 5.74) is 9.03. The molecule has 0 aliphatic heterocycles. The molecular formula is C10H13N5. The van der Waals surface area contributed by atoms with Crippen molar-refractivity contribution in [2.24, 2.45) is 12.8 Å². The highest BCUT2D eigenvalue weighted by Gasteiger charge is 2.13. The Morgan fingerprint density at radius 2 is 2.13 bits per heavy atom. The lowest BCUT2D eigenvalue weighted by molar-refractivity contribution is 0.650. The van der Waals surface area contributed by atoms with E-state index in [9.17, 15) is 0 Å². The van der Waals surface area contributed by atoms with Crippen molar-refractivity contribution in [1.29, 1.82) is 0 Å². The van der Waals surface area contributed by atoms with Crippen molar-refractivity contribution < 1.29 is 0 Å². The number of hydrogen-bond acceptors (Lipinski definition) is 4. The summed E-state index contributed by atoms with van der Waals surface area (Å²) in [7, 11) is 1.82. The van der Waals surface area contributed by atoms with Crippen LogP contribution in [0.1, 0.15) is 22.9 Å². The summed E-state index contributed by atoms with van der Waals surface area (Å²) in [6.45, 7) is 1.99. The van der Waals surface area contributed by atoms with Crippen LogP contribution in [0.15, 0.2) is 24.7 Å². The predicted octanol–water partition coefficient (Wildman–Crippen LogP) is 0.567. The van der Waals surface area contributed by atoms with Crippen LogP contribution < -0.4 is 5.73 Å². The lowest BCUT2D eigenvalue weighted by Crippen LogP contribution is -2.16. The van der Waals surface area contributed by atoms with Crippen LogP contribution in [0.5, 0.6) is 0 Å². The highest BCUT2D eigenvalue weighted by molar-refractivity contribution is 5.26. The first-order valence-corrected chi connectivity index (χ1v) is 4.70. The summed E-state index contributed by atoms with van der Waals surface area (Å²) < 4.78 is 1.67. The number of nitrogens with two attached hydrogens (primary N) is 1. The average Bonchev–Trinajstić information content (AvgIpc) is 2.63. The van der Waals surface area contributed by atoms with Crippen LogP contribution in [-0.2, 0) is 7.05 Å². The summed E-state index contributed by atoms with van der Waals surface area (Å²) in [6, 6.07) is 1.79. The molecule has 2 aromatic heterocycles. The van der Waals surface area contributed by atoms with Crippen molar-refractivity contribution in [3.05, 3.63) is 41.5 Å². The third-order valence-corrected chi connectivity index (χ3v) is 2.32. The van der Waals surface area contributed by atoms with Crippen molar-refractivity contribution in [1.82, 2.24) is 20.0 Å². The first kappa shape index (κ1) is 9.79. The van der Waals surface area contributed by atoms with Crippen molar-refractivity contribution in [3.63, 3.8) is 0 Å². The van der Waals surface area contributed by atoms with E-state index >= 15 is 0 Å². The van der Waals surface area contributed by atoms with Gasteiger partial charge in [0.05, 0.1) is 17.9 Å². The molecule has 0 bridgehead atoms. The lowest BCUT2D eigenvalue weighted by atomic mass is 10.1. The fourth-order valence-electron chi connectivity index (χ4n) is 1.50. The van der Waals surface area contributed by atoms with Crippen molar-refractivity contribution in [2.45, 2.75) is 13.0 Å². The van der Waals surface area contributed by atoms with E-state index in [0.29, 0.717) is 0 Å². The number of aryl methyl sites for hydroxylation is 2. The van der Waals surface area contributed by atoms with Crippen LogP contribution in [0.25, 0.3) is 0 Å². The van der Waals surface area contributed by atoms with E-state index in [1.54, 1.807) is 23.3 Å². The zero-order valence-corrected chi connectivity index (χ0v) is 8.75. The van der Waals surface area contributed by atoms with E-state index in [1.165, 1.54) is 0 Å². The fourth-order valence-corrected chi connectivity index (χ4v) is 1.50. The van der Waals surface area contributed by atoms with E-state index in [-0.39, 0.29) is 6.04 Å². The second kappa shape index (κ2) is 3.78. The van der Waals surface area contributed by atoms with Crippen LogP contribution in [0, 0.1) is 6.92 Å². The van der Waals surface area contributed by atoms with Gasteiger partial charge in [-0.15, -0.1) is 5.10 Å².